The number of halogens is 1. The van der Waals surface area contributed by atoms with Gasteiger partial charge in [0.25, 0.3) is 0 Å². The van der Waals surface area contributed by atoms with Crippen LogP contribution in [-0.4, -0.2) is 25.3 Å². The molecule has 1 aliphatic rings. The molecule has 96 valence electrons. The second-order valence-electron chi connectivity index (χ2n) is 4.11. The second-order valence-corrected chi connectivity index (χ2v) is 4.11. The van der Waals surface area contributed by atoms with Crippen molar-refractivity contribution in [2.24, 2.45) is 11.7 Å². The van der Waals surface area contributed by atoms with E-state index in [9.17, 15) is 0 Å². The fourth-order valence-corrected chi connectivity index (χ4v) is 2.06. The molecular weight excluding hydrogens is 240 g/mol. The summed E-state index contributed by atoms with van der Waals surface area (Å²) in [5.41, 5.74) is 7.30. The molecule has 0 unspecified atom stereocenters. The molecule has 5 heteroatoms. The van der Waals surface area contributed by atoms with Gasteiger partial charge < -0.3 is 15.2 Å². The first kappa shape index (κ1) is 14.2. The zero-order chi connectivity index (χ0) is 11.4. The average Bonchev–Trinajstić information content (AvgIpc) is 2.39. The number of methoxy groups -OCH3 is 1. The van der Waals surface area contributed by atoms with Gasteiger partial charge in [0.2, 0.25) is 5.88 Å². The monoisotopic (exact) mass is 258 g/mol. The zero-order valence-electron chi connectivity index (χ0n) is 9.96. The van der Waals surface area contributed by atoms with E-state index < -0.39 is 0 Å². The third-order valence-corrected chi connectivity index (χ3v) is 3.13. The summed E-state index contributed by atoms with van der Waals surface area (Å²) in [7, 11) is 1.61. The zero-order valence-corrected chi connectivity index (χ0v) is 10.8. The number of aromatic nitrogens is 1. The van der Waals surface area contributed by atoms with Crippen LogP contribution in [0, 0.1) is 5.92 Å². The highest BCUT2D eigenvalue weighted by atomic mass is 35.5. The van der Waals surface area contributed by atoms with Crippen LogP contribution in [0.25, 0.3) is 0 Å². The summed E-state index contributed by atoms with van der Waals surface area (Å²) in [6.07, 6.45) is 3.87. The molecule has 2 heterocycles. The van der Waals surface area contributed by atoms with Gasteiger partial charge in [0.05, 0.1) is 7.11 Å². The van der Waals surface area contributed by atoms with Crippen LogP contribution < -0.4 is 10.5 Å². The summed E-state index contributed by atoms with van der Waals surface area (Å²) >= 11 is 0. The van der Waals surface area contributed by atoms with Gasteiger partial charge in [-0.05, 0) is 24.3 Å². The fraction of sp³-hybridized carbons (Fsp3) is 0.583. The molecule has 1 atom stereocenters. The standard InChI is InChI=1S/C12H18N2O2.ClH/c1-15-11-3-2-10(8-14-11)12(13)9-4-6-16-7-5-9;/h2-3,8-9,12H,4-7,13H2,1H3;1H/t12-;/m1./s1. The predicted molar refractivity (Wildman–Crippen MR) is 68.5 cm³/mol. The Bertz CT molecular complexity index is 326. The molecule has 0 saturated carbocycles. The van der Waals surface area contributed by atoms with E-state index in [1.807, 2.05) is 12.1 Å². The van der Waals surface area contributed by atoms with Crippen molar-refractivity contribution in [3.8, 4) is 5.88 Å². The molecule has 1 aromatic heterocycles. The summed E-state index contributed by atoms with van der Waals surface area (Å²) in [5, 5.41) is 0. The predicted octanol–water partition coefficient (Wildman–Crippen LogP) is 1.94. The van der Waals surface area contributed by atoms with E-state index in [1.54, 1.807) is 13.3 Å². The molecule has 1 aromatic rings. The maximum Gasteiger partial charge on any atom is 0.212 e. The van der Waals surface area contributed by atoms with Gasteiger partial charge in [0.1, 0.15) is 0 Å². The van der Waals surface area contributed by atoms with Crippen LogP contribution in [0.4, 0.5) is 0 Å². The van der Waals surface area contributed by atoms with Crippen molar-refractivity contribution in [2.75, 3.05) is 20.3 Å². The number of pyridine rings is 1. The molecular formula is C12H19ClN2O2. The lowest BCUT2D eigenvalue weighted by molar-refractivity contribution is 0.0583. The summed E-state index contributed by atoms with van der Waals surface area (Å²) in [6, 6.07) is 3.91. The van der Waals surface area contributed by atoms with Gasteiger partial charge in [0.15, 0.2) is 0 Å². The highest BCUT2D eigenvalue weighted by Crippen LogP contribution is 2.28. The Morgan fingerprint density at radius 3 is 2.65 bits per heavy atom. The van der Waals surface area contributed by atoms with Crippen molar-refractivity contribution in [3.63, 3.8) is 0 Å². The molecule has 2 rings (SSSR count). The van der Waals surface area contributed by atoms with Crippen molar-refractivity contribution >= 4 is 12.4 Å². The molecule has 17 heavy (non-hydrogen) atoms. The lowest BCUT2D eigenvalue weighted by atomic mass is 9.88. The van der Waals surface area contributed by atoms with Gasteiger partial charge in [-0.2, -0.15) is 0 Å². The molecule has 1 aliphatic heterocycles. The molecule has 0 aromatic carbocycles. The number of rotatable bonds is 3. The number of ether oxygens (including phenoxy) is 2. The third-order valence-electron chi connectivity index (χ3n) is 3.13. The Labute approximate surface area is 108 Å². The van der Waals surface area contributed by atoms with Crippen LogP contribution in [0.15, 0.2) is 18.3 Å². The Balaban J connectivity index is 0.00000144. The smallest absolute Gasteiger partial charge is 0.212 e. The van der Waals surface area contributed by atoms with Crippen molar-refractivity contribution < 1.29 is 9.47 Å². The summed E-state index contributed by atoms with van der Waals surface area (Å²) in [4.78, 5) is 4.18. The molecule has 2 N–H and O–H groups in total. The highest BCUT2D eigenvalue weighted by molar-refractivity contribution is 5.85. The van der Waals surface area contributed by atoms with Crippen LogP contribution in [0.2, 0.25) is 0 Å². The average molecular weight is 259 g/mol. The van der Waals surface area contributed by atoms with E-state index in [1.165, 1.54) is 0 Å². The van der Waals surface area contributed by atoms with Crippen molar-refractivity contribution in [1.29, 1.82) is 0 Å². The lowest BCUT2D eigenvalue weighted by Crippen LogP contribution is -2.27. The highest BCUT2D eigenvalue weighted by Gasteiger charge is 2.22. The maximum atomic E-state index is 6.22. The number of nitrogens with two attached hydrogens (primary N) is 1. The first-order chi connectivity index (χ1) is 7.81. The second kappa shape index (κ2) is 6.79. The molecule has 0 radical (unpaired) electrons. The summed E-state index contributed by atoms with van der Waals surface area (Å²) in [5.74, 6) is 1.13. The minimum absolute atomic E-state index is 0. The van der Waals surface area contributed by atoms with Crippen molar-refractivity contribution in [2.45, 2.75) is 18.9 Å². The van der Waals surface area contributed by atoms with Gasteiger partial charge in [-0.25, -0.2) is 4.98 Å². The van der Waals surface area contributed by atoms with Crippen LogP contribution in [0.3, 0.4) is 0 Å². The quantitative estimate of drug-likeness (QED) is 0.900. The summed E-state index contributed by atoms with van der Waals surface area (Å²) < 4.78 is 10.4. The van der Waals surface area contributed by atoms with Crippen LogP contribution in [0.1, 0.15) is 24.4 Å². The van der Waals surface area contributed by atoms with E-state index in [4.69, 9.17) is 15.2 Å². The van der Waals surface area contributed by atoms with Crippen LogP contribution >= 0.6 is 12.4 Å². The Kier molecular flexibility index (Phi) is 5.68. The molecule has 0 bridgehead atoms. The van der Waals surface area contributed by atoms with Gasteiger partial charge in [-0.15, -0.1) is 12.4 Å². The first-order valence-corrected chi connectivity index (χ1v) is 5.64. The number of nitrogens with zero attached hydrogens (tertiary/aromatic N) is 1. The van der Waals surface area contributed by atoms with E-state index in [-0.39, 0.29) is 18.4 Å². The number of hydrogen-bond donors (Lipinski definition) is 1. The largest absolute Gasteiger partial charge is 0.481 e. The van der Waals surface area contributed by atoms with E-state index in [0.29, 0.717) is 11.8 Å². The number of hydrogen-bond acceptors (Lipinski definition) is 4. The minimum atomic E-state index is 0. The Hall–Kier alpha value is -0.840. The van der Waals surface area contributed by atoms with Crippen LogP contribution in [-0.2, 0) is 4.74 Å². The van der Waals surface area contributed by atoms with Gasteiger partial charge in [0, 0.05) is 31.5 Å². The molecule has 1 saturated heterocycles. The van der Waals surface area contributed by atoms with E-state index in [0.717, 1.165) is 31.6 Å². The van der Waals surface area contributed by atoms with Crippen molar-refractivity contribution in [3.05, 3.63) is 23.9 Å². The molecule has 0 spiro atoms. The third kappa shape index (κ3) is 3.56. The molecule has 4 nitrogen and oxygen atoms in total. The fourth-order valence-electron chi connectivity index (χ4n) is 2.06. The molecule has 0 amide bonds. The van der Waals surface area contributed by atoms with Crippen LogP contribution in [0.5, 0.6) is 5.88 Å². The van der Waals surface area contributed by atoms with Gasteiger partial charge >= 0.3 is 0 Å². The Morgan fingerprint density at radius 1 is 1.41 bits per heavy atom. The Morgan fingerprint density at radius 2 is 2.12 bits per heavy atom. The SMILES string of the molecule is COc1ccc([C@H](N)C2CCOCC2)cn1.Cl. The normalized spacial score (nSPS) is 18.2. The van der Waals surface area contributed by atoms with E-state index in [2.05, 4.69) is 4.98 Å². The topological polar surface area (TPSA) is 57.4 Å². The lowest BCUT2D eigenvalue weighted by Gasteiger charge is -2.27. The van der Waals surface area contributed by atoms with Gasteiger partial charge in [-0.1, -0.05) is 6.07 Å². The first-order valence-electron chi connectivity index (χ1n) is 5.64. The minimum Gasteiger partial charge on any atom is -0.481 e. The van der Waals surface area contributed by atoms with E-state index >= 15 is 0 Å². The maximum absolute atomic E-state index is 6.22. The molecule has 0 aliphatic carbocycles. The molecule has 1 fully saturated rings. The summed E-state index contributed by atoms with van der Waals surface area (Å²) in [6.45, 7) is 1.64. The van der Waals surface area contributed by atoms with Crippen molar-refractivity contribution in [1.82, 2.24) is 4.98 Å². The van der Waals surface area contributed by atoms with Gasteiger partial charge in [-0.3, -0.25) is 0 Å².